The van der Waals surface area contributed by atoms with E-state index < -0.39 is 24.0 Å². The molecule has 0 bridgehead atoms. The fourth-order valence-electron chi connectivity index (χ4n) is 5.25. The van der Waals surface area contributed by atoms with Crippen molar-refractivity contribution in [1.82, 2.24) is 10.6 Å². The van der Waals surface area contributed by atoms with Gasteiger partial charge in [-0.15, -0.1) is 0 Å². The van der Waals surface area contributed by atoms with Crippen LogP contribution in [-0.4, -0.2) is 42.3 Å². The lowest BCUT2D eigenvalue weighted by Crippen LogP contribution is -2.51. The number of carboxylic acids is 1. The number of fused-ring (bicyclic) bond motifs is 3. The van der Waals surface area contributed by atoms with E-state index in [1.54, 1.807) is 0 Å². The van der Waals surface area contributed by atoms with Gasteiger partial charge in [-0.2, -0.15) is 0 Å². The van der Waals surface area contributed by atoms with Gasteiger partial charge >= 0.3 is 12.1 Å². The number of aliphatic carboxylic acids is 1. The Bertz CT molecular complexity index is 1020. The molecule has 0 heterocycles. The summed E-state index contributed by atoms with van der Waals surface area (Å²) in [5, 5.41) is 14.9. The molecule has 180 valence electrons. The van der Waals surface area contributed by atoms with Gasteiger partial charge in [-0.1, -0.05) is 68.8 Å². The molecule has 0 aliphatic heterocycles. The summed E-state index contributed by atoms with van der Waals surface area (Å²) in [6.45, 7) is 4.17. The summed E-state index contributed by atoms with van der Waals surface area (Å²) in [5.74, 6) is -1.84. The van der Waals surface area contributed by atoms with Crippen LogP contribution in [-0.2, 0) is 14.3 Å². The predicted molar refractivity (Wildman–Crippen MR) is 128 cm³/mol. The van der Waals surface area contributed by atoms with Crippen LogP contribution < -0.4 is 10.6 Å². The van der Waals surface area contributed by atoms with Gasteiger partial charge in [-0.05, 0) is 46.9 Å². The summed E-state index contributed by atoms with van der Waals surface area (Å²) in [7, 11) is 0. The number of carbonyl (C=O) groups is 3. The number of ether oxygens (including phenoxy) is 1. The van der Waals surface area contributed by atoms with E-state index in [4.69, 9.17) is 4.74 Å². The first-order valence-corrected chi connectivity index (χ1v) is 12.0. The monoisotopic (exact) mass is 464 g/mol. The number of carbonyl (C=O) groups excluding carboxylic acids is 2. The number of alkyl carbamates (subject to hydrolysis) is 1. The van der Waals surface area contributed by atoms with E-state index in [1.165, 1.54) is 0 Å². The van der Waals surface area contributed by atoms with Gasteiger partial charge < -0.3 is 20.5 Å². The Hall–Kier alpha value is -3.35. The summed E-state index contributed by atoms with van der Waals surface area (Å²) in [5.41, 5.74) is 4.55. The lowest BCUT2D eigenvalue weighted by Gasteiger charge is -2.24. The van der Waals surface area contributed by atoms with Crippen LogP contribution in [0.5, 0.6) is 0 Å². The van der Waals surface area contributed by atoms with E-state index in [0.29, 0.717) is 13.0 Å². The first-order chi connectivity index (χ1) is 16.4. The minimum absolute atomic E-state index is 0.0557. The first-order valence-electron chi connectivity index (χ1n) is 12.0. The Balaban J connectivity index is 1.35. The highest BCUT2D eigenvalue weighted by molar-refractivity contribution is 5.86. The lowest BCUT2D eigenvalue weighted by molar-refractivity contribution is -0.143. The molecule has 4 rings (SSSR count). The van der Waals surface area contributed by atoms with Crippen molar-refractivity contribution in [1.29, 1.82) is 0 Å². The highest BCUT2D eigenvalue weighted by Gasteiger charge is 2.34. The van der Waals surface area contributed by atoms with Crippen molar-refractivity contribution in [2.75, 3.05) is 13.2 Å². The van der Waals surface area contributed by atoms with Gasteiger partial charge in [0.2, 0.25) is 5.91 Å². The molecule has 3 atom stereocenters. The summed E-state index contributed by atoms with van der Waals surface area (Å²) in [6, 6.07) is 15.5. The fraction of sp³-hybridized carbons (Fsp3) is 0.444. The van der Waals surface area contributed by atoms with Crippen molar-refractivity contribution < 1.29 is 24.2 Å². The smallest absolute Gasteiger partial charge is 0.407 e. The minimum Gasteiger partial charge on any atom is -0.481 e. The second kappa shape index (κ2) is 10.3. The molecule has 0 unspecified atom stereocenters. The van der Waals surface area contributed by atoms with Crippen LogP contribution >= 0.6 is 0 Å². The molecule has 34 heavy (non-hydrogen) atoms. The molecule has 0 saturated heterocycles. The molecule has 1 saturated carbocycles. The summed E-state index contributed by atoms with van der Waals surface area (Å²) in [4.78, 5) is 36.9. The van der Waals surface area contributed by atoms with Gasteiger partial charge in [0.25, 0.3) is 0 Å². The van der Waals surface area contributed by atoms with Gasteiger partial charge in [-0.3, -0.25) is 9.59 Å². The van der Waals surface area contributed by atoms with E-state index in [9.17, 15) is 19.5 Å². The third-order valence-corrected chi connectivity index (χ3v) is 7.08. The number of amides is 2. The standard InChI is InChI=1S/C27H32N2O5/c1-16(2)24(25(30)28-14-17-8-7-13-18(17)26(31)32)29-27(33)34-15-23-21-11-5-3-9-19(21)20-10-4-6-12-22(20)23/h3-6,9-12,16-18,23-24H,7-8,13-15H2,1-2H3,(H,28,30)(H,29,33)(H,31,32)/t17-,18-,24+/m0/s1. The van der Waals surface area contributed by atoms with Crippen LogP contribution in [0.15, 0.2) is 48.5 Å². The van der Waals surface area contributed by atoms with Gasteiger partial charge in [-0.25, -0.2) is 4.79 Å². The highest BCUT2D eigenvalue weighted by Crippen LogP contribution is 2.44. The quantitative estimate of drug-likeness (QED) is 0.544. The molecule has 0 radical (unpaired) electrons. The predicted octanol–water partition coefficient (Wildman–Crippen LogP) is 4.17. The minimum atomic E-state index is -0.811. The Morgan fingerprint density at radius 1 is 1.00 bits per heavy atom. The van der Waals surface area contributed by atoms with Crippen LogP contribution in [0.1, 0.15) is 50.2 Å². The third kappa shape index (κ3) is 4.93. The van der Waals surface area contributed by atoms with E-state index >= 15 is 0 Å². The Labute approximate surface area is 199 Å². The number of hydrogen-bond acceptors (Lipinski definition) is 4. The van der Waals surface area contributed by atoms with Crippen molar-refractivity contribution in [2.45, 2.75) is 45.1 Å². The number of nitrogens with one attached hydrogen (secondary N) is 2. The topological polar surface area (TPSA) is 105 Å². The molecule has 2 aromatic rings. The molecule has 1 fully saturated rings. The van der Waals surface area contributed by atoms with Crippen LogP contribution in [0, 0.1) is 17.8 Å². The highest BCUT2D eigenvalue weighted by atomic mass is 16.5. The lowest BCUT2D eigenvalue weighted by atomic mass is 9.96. The Morgan fingerprint density at radius 2 is 1.62 bits per heavy atom. The second-order valence-electron chi connectivity index (χ2n) is 9.57. The number of carboxylic acid groups (broad SMARTS) is 1. The van der Waals surface area contributed by atoms with Gasteiger partial charge in [0.1, 0.15) is 12.6 Å². The zero-order valence-corrected chi connectivity index (χ0v) is 19.6. The zero-order chi connectivity index (χ0) is 24.2. The van der Waals surface area contributed by atoms with Crippen LogP contribution in [0.4, 0.5) is 4.79 Å². The number of benzene rings is 2. The Kier molecular flexibility index (Phi) is 7.20. The van der Waals surface area contributed by atoms with Crippen molar-refractivity contribution in [2.24, 2.45) is 17.8 Å². The van der Waals surface area contributed by atoms with E-state index in [-0.39, 0.29) is 30.3 Å². The summed E-state index contributed by atoms with van der Waals surface area (Å²) >= 11 is 0. The molecule has 7 nitrogen and oxygen atoms in total. The average molecular weight is 465 g/mol. The molecule has 0 spiro atoms. The molecule has 0 aromatic heterocycles. The SMILES string of the molecule is CC(C)[C@@H](NC(=O)OCC1c2ccccc2-c2ccccc21)C(=O)NC[C@@H]1CCC[C@@H]1C(=O)O. The van der Waals surface area contributed by atoms with Gasteiger partial charge in [0, 0.05) is 12.5 Å². The maximum absolute atomic E-state index is 12.8. The van der Waals surface area contributed by atoms with E-state index in [1.807, 2.05) is 38.1 Å². The maximum atomic E-state index is 12.8. The molecule has 7 heteroatoms. The largest absolute Gasteiger partial charge is 0.481 e. The van der Waals surface area contributed by atoms with Crippen molar-refractivity contribution in [3.05, 3.63) is 59.7 Å². The molecular formula is C27H32N2O5. The van der Waals surface area contributed by atoms with Crippen molar-refractivity contribution in [3.8, 4) is 11.1 Å². The molecule has 2 aliphatic carbocycles. The Morgan fingerprint density at radius 3 is 2.21 bits per heavy atom. The summed E-state index contributed by atoms with van der Waals surface area (Å²) in [6.07, 6.45) is 1.63. The molecule has 2 aliphatic rings. The van der Waals surface area contributed by atoms with E-state index in [2.05, 4.69) is 34.9 Å². The van der Waals surface area contributed by atoms with Gasteiger partial charge in [0.05, 0.1) is 5.92 Å². The van der Waals surface area contributed by atoms with Crippen LogP contribution in [0.25, 0.3) is 11.1 Å². The number of hydrogen-bond donors (Lipinski definition) is 3. The van der Waals surface area contributed by atoms with Crippen molar-refractivity contribution >= 4 is 18.0 Å². The maximum Gasteiger partial charge on any atom is 0.407 e. The van der Waals surface area contributed by atoms with Gasteiger partial charge in [0.15, 0.2) is 0 Å². The molecular weight excluding hydrogens is 432 g/mol. The molecule has 3 N–H and O–H groups in total. The van der Waals surface area contributed by atoms with Crippen molar-refractivity contribution in [3.63, 3.8) is 0 Å². The number of rotatable bonds is 8. The molecule has 2 amide bonds. The van der Waals surface area contributed by atoms with E-state index in [0.717, 1.165) is 35.1 Å². The third-order valence-electron chi connectivity index (χ3n) is 7.08. The second-order valence-corrected chi connectivity index (χ2v) is 9.57. The normalized spacial score (nSPS) is 19.9. The van der Waals surface area contributed by atoms with Crippen LogP contribution in [0.2, 0.25) is 0 Å². The van der Waals surface area contributed by atoms with Crippen LogP contribution in [0.3, 0.4) is 0 Å². The zero-order valence-electron chi connectivity index (χ0n) is 19.6. The molecule has 2 aromatic carbocycles. The first kappa shape index (κ1) is 23.8. The average Bonchev–Trinajstić information content (AvgIpc) is 3.42. The fourth-order valence-corrected chi connectivity index (χ4v) is 5.25. The summed E-state index contributed by atoms with van der Waals surface area (Å²) < 4.78 is 5.59.